The van der Waals surface area contributed by atoms with Crippen LogP contribution < -0.4 is 11.5 Å². The van der Waals surface area contributed by atoms with Crippen molar-refractivity contribution in [3.8, 4) is 0 Å². The van der Waals surface area contributed by atoms with Crippen LogP contribution in [-0.2, 0) is 0 Å². The summed E-state index contributed by atoms with van der Waals surface area (Å²) < 4.78 is 0. The van der Waals surface area contributed by atoms with Gasteiger partial charge in [0.25, 0.3) is 0 Å². The molecule has 70 valence electrons. The largest absolute Gasteiger partial charge is 0.370 e. The first-order chi connectivity index (χ1) is 5.68. The van der Waals surface area contributed by atoms with E-state index in [1.54, 1.807) is 0 Å². The molecular weight excluding hydrogens is 150 g/mol. The molecule has 0 amide bonds. The predicted molar refractivity (Wildman–Crippen MR) is 51.9 cm³/mol. The van der Waals surface area contributed by atoms with Gasteiger partial charge >= 0.3 is 0 Å². The van der Waals surface area contributed by atoms with E-state index in [2.05, 4.69) is 11.9 Å². The third-order valence-electron chi connectivity index (χ3n) is 3.01. The van der Waals surface area contributed by atoms with Gasteiger partial charge in [0.1, 0.15) is 0 Å². The highest BCUT2D eigenvalue weighted by atomic mass is 15.0. The first kappa shape index (κ1) is 9.36. The molecule has 0 saturated heterocycles. The van der Waals surface area contributed by atoms with Crippen molar-refractivity contribution in [2.24, 2.45) is 21.9 Å². The first-order valence-corrected chi connectivity index (χ1v) is 4.74. The van der Waals surface area contributed by atoms with Gasteiger partial charge in [0.15, 0.2) is 5.96 Å². The minimum Gasteiger partial charge on any atom is -0.370 e. The quantitative estimate of drug-likeness (QED) is 0.493. The molecule has 0 aromatic rings. The highest BCUT2D eigenvalue weighted by Gasteiger charge is 2.31. The van der Waals surface area contributed by atoms with E-state index < -0.39 is 0 Å². The number of rotatable bonds is 3. The van der Waals surface area contributed by atoms with Crippen molar-refractivity contribution in [1.82, 2.24) is 0 Å². The fourth-order valence-electron chi connectivity index (χ4n) is 2.01. The molecule has 12 heavy (non-hydrogen) atoms. The average molecular weight is 169 g/mol. The molecule has 0 spiro atoms. The average Bonchev–Trinajstić information content (AvgIpc) is 2.50. The maximum absolute atomic E-state index is 5.31. The summed E-state index contributed by atoms with van der Waals surface area (Å²) in [6.45, 7) is 3.05. The van der Waals surface area contributed by atoms with Crippen molar-refractivity contribution in [3.63, 3.8) is 0 Å². The molecule has 0 radical (unpaired) electrons. The fraction of sp³-hybridized carbons (Fsp3) is 0.889. The third kappa shape index (κ3) is 2.13. The highest BCUT2D eigenvalue weighted by molar-refractivity contribution is 5.75. The van der Waals surface area contributed by atoms with Crippen molar-refractivity contribution < 1.29 is 0 Å². The normalized spacial score (nSPS) is 20.8. The van der Waals surface area contributed by atoms with Crippen LogP contribution in [0.1, 0.15) is 39.0 Å². The lowest BCUT2D eigenvalue weighted by atomic mass is 9.84. The Hall–Kier alpha value is -0.730. The lowest BCUT2D eigenvalue weighted by molar-refractivity contribution is 0.297. The van der Waals surface area contributed by atoms with Crippen molar-refractivity contribution >= 4 is 5.96 Å². The zero-order chi connectivity index (χ0) is 9.03. The van der Waals surface area contributed by atoms with E-state index in [0.29, 0.717) is 5.41 Å². The third-order valence-corrected chi connectivity index (χ3v) is 3.01. The number of aliphatic imine (C=N–C) groups is 1. The molecule has 0 aliphatic heterocycles. The highest BCUT2D eigenvalue weighted by Crippen LogP contribution is 2.40. The topological polar surface area (TPSA) is 64.4 Å². The minimum atomic E-state index is 0.231. The second-order valence-corrected chi connectivity index (χ2v) is 3.80. The van der Waals surface area contributed by atoms with E-state index in [4.69, 9.17) is 11.5 Å². The Morgan fingerprint density at radius 3 is 2.33 bits per heavy atom. The van der Waals surface area contributed by atoms with Gasteiger partial charge in [-0.25, -0.2) is 0 Å². The van der Waals surface area contributed by atoms with Crippen LogP contribution in [0.4, 0.5) is 0 Å². The Kier molecular flexibility index (Phi) is 2.95. The summed E-state index contributed by atoms with van der Waals surface area (Å²) in [5.41, 5.74) is 11.0. The molecule has 1 saturated carbocycles. The Bertz CT molecular complexity index is 165. The molecule has 3 nitrogen and oxygen atoms in total. The van der Waals surface area contributed by atoms with Crippen LogP contribution in [0, 0.1) is 5.41 Å². The summed E-state index contributed by atoms with van der Waals surface area (Å²) in [4.78, 5) is 4.12. The van der Waals surface area contributed by atoms with E-state index >= 15 is 0 Å². The van der Waals surface area contributed by atoms with Crippen molar-refractivity contribution in [2.75, 3.05) is 6.54 Å². The molecule has 1 rings (SSSR count). The predicted octanol–water partition coefficient (Wildman–Crippen LogP) is 1.23. The lowest BCUT2D eigenvalue weighted by Gasteiger charge is -2.24. The van der Waals surface area contributed by atoms with Crippen LogP contribution in [0.2, 0.25) is 0 Å². The van der Waals surface area contributed by atoms with Crippen LogP contribution in [-0.4, -0.2) is 12.5 Å². The number of hydrogen-bond acceptors (Lipinski definition) is 1. The van der Waals surface area contributed by atoms with Gasteiger partial charge in [0.2, 0.25) is 0 Å². The Labute approximate surface area is 74.2 Å². The van der Waals surface area contributed by atoms with Crippen LogP contribution in [0.5, 0.6) is 0 Å². The smallest absolute Gasteiger partial charge is 0.185 e. The van der Waals surface area contributed by atoms with E-state index in [1.807, 2.05) is 0 Å². The van der Waals surface area contributed by atoms with Crippen molar-refractivity contribution in [1.29, 1.82) is 0 Å². The standard InChI is InChI=1S/C9H19N3/c1-2-9(5-3-4-6-9)7-12-8(10)11/h2-7H2,1H3,(H4,10,11,12). The van der Waals surface area contributed by atoms with Gasteiger partial charge in [-0.3, -0.25) is 4.99 Å². The molecule has 0 aromatic heterocycles. The van der Waals surface area contributed by atoms with Gasteiger partial charge in [-0.2, -0.15) is 0 Å². The van der Waals surface area contributed by atoms with Gasteiger partial charge in [-0.15, -0.1) is 0 Å². The maximum atomic E-state index is 5.31. The van der Waals surface area contributed by atoms with Crippen LogP contribution in [0.25, 0.3) is 0 Å². The number of nitrogens with zero attached hydrogens (tertiary/aromatic N) is 1. The second kappa shape index (κ2) is 3.78. The zero-order valence-electron chi connectivity index (χ0n) is 7.84. The van der Waals surface area contributed by atoms with E-state index in [-0.39, 0.29) is 5.96 Å². The van der Waals surface area contributed by atoms with Crippen molar-refractivity contribution in [2.45, 2.75) is 39.0 Å². The van der Waals surface area contributed by atoms with Gasteiger partial charge in [0, 0.05) is 6.54 Å². The molecule has 0 bridgehead atoms. The first-order valence-electron chi connectivity index (χ1n) is 4.74. The Balaban J connectivity index is 2.50. The van der Waals surface area contributed by atoms with Crippen molar-refractivity contribution in [3.05, 3.63) is 0 Å². The summed E-state index contributed by atoms with van der Waals surface area (Å²) in [5, 5.41) is 0. The molecule has 1 aliphatic rings. The summed E-state index contributed by atoms with van der Waals surface area (Å²) in [7, 11) is 0. The number of guanidine groups is 1. The van der Waals surface area contributed by atoms with Gasteiger partial charge in [0.05, 0.1) is 0 Å². The van der Waals surface area contributed by atoms with Gasteiger partial charge in [-0.05, 0) is 24.7 Å². The van der Waals surface area contributed by atoms with Crippen LogP contribution in [0.3, 0.4) is 0 Å². The molecule has 1 aliphatic carbocycles. The van der Waals surface area contributed by atoms with Crippen LogP contribution in [0.15, 0.2) is 4.99 Å². The molecule has 0 atom stereocenters. The number of nitrogens with two attached hydrogens (primary N) is 2. The lowest BCUT2D eigenvalue weighted by Crippen LogP contribution is -2.27. The Morgan fingerprint density at radius 2 is 1.92 bits per heavy atom. The summed E-state index contributed by atoms with van der Waals surface area (Å²) in [6, 6.07) is 0. The van der Waals surface area contributed by atoms with E-state index in [0.717, 1.165) is 6.54 Å². The summed E-state index contributed by atoms with van der Waals surface area (Å²) >= 11 is 0. The monoisotopic (exact) mass is 169 g/mol. The molecule has 0 heterocycles. The SMILES string of the molecule is CCC1(CN=C(N)N)CCCC1. The molecule has 1 fully saturated rings. The van der Waals surface area contributed by atoms with E-state index in [1.165, 1.54) is 32.1 Å². The summed E-state index contributed by atoms with van der Waals surface area (Å²) in [6.07, 6.45) is 6.46. The van der Waals surface area contributed by atoms with Gasteiger partial charge in [-0.1, -0.05) is 19.8 Å². The molecule has 4 N–H and O–H groups in total. The molecule has 3 heteroatoms. The van der Waals surface area contributed by atoms with Crippen LogP contribution >= 0.6 is 0 Å². The number of hydrogen-bond donors (Lipinski definition) is 2. The zero-order valence-corrected chi connectivity index (χ0v) is 7.84. The fourth-order valence-corrected chi connectivity index (χ4v) is 2.01. The summed E-state index contributed by atoms with van der Waals surface area (Å²) in [5.74, 6) is 0.231. The molecule has 0 unspecified atom stereocenters. The second-order valence-electron chi connectivity index (χ2n) is 3.80. The Morgan fingerprint density at radius 1 is 1.33 bits per heavy atom. The van der Waals surface area contributed by atoms with E-state index in [9.17, 15) is 0 Å². The van der Waals surface area contributed by atoms with Gasteiger partial charge < -0.3 is 11.5 Å². The maximum Gasteiger partial charge on any atom is 0.185 e. The molecule has 0 aromatic carbocycles. The minimum absolute atomic E-state index is 0.231. The molecular formula is C9H19N3.